The molecule has 3 heterocycles. The van der Waals surface area contributed by atoms with Gasteiger partial charge in [0.05, 0.1) is 4.91 Å². The molecule has 1 aliphatic rings. The number of rotatable bonds is 5. The lowest BCUT2D eigenvalue weighted by Gasteiger charge is -2.12. The van der Waals surface area contributed by atoms with Gasteiger partial charge in [-0.25, -0.2) is 0 Å². The van der Waals surface area contributed by atoms with Crippen molar-refractivity contribution in [1.29, 1.82) is 0 Å². The molecule has 24 heavy (non-hydrogen) atoms. The molecule has 1 aliphatic heterocycles. The largest absolute Gasteiger partial charge is 0.294 e. The van der Waals surface area contributed by atoms with Crippen LogP contribution >= 0.6 is 34.4 Å². The molecule has 0 spiro atoms. The third-order valence-electron chi connectivity index (χ3n) is 2.96. The van der Waals surface area contributed by atoms with Crippen LogP contribution in [0.15, 0.2) is 61.2 Å². The summed E-state index contributed by atoms with van der Waals surface area (Å²) in [6.07, 6.45) is 3.29. The summed E-state index contributed by atoms with van der Waals surface area (Å²) in [5.41, 5.74) is 0. The minimum Gasteiger partial charge on any atom is -0.282 e. The van der Waals surface area contributed by atoms with Gasteiger partial charge in [0.15, 0.2) is 5.17 Å². The van der Waals surface area contributed by atoms with E-state index in [0.29, 0.717) is 4.91 Å². The van der Waals surface area contributed by atoms with Crippen LogP contribution in [-0.2, 0) is 14.8 Å². The maximum absolute atomic E-state index is 12.5. The number of amidine groups is 1. The lowest BCUT2D eigenvalue weighted by molar-refractivity contribution is -0.121. The van der Waals surface area contributed by atoms with Crippen LogP contribution in [0.5, 0.6) is 0 Å². The number of thioether (sulfide) groups is 1. The van der Waals surface area contributed by atoms with Gasteiger partial charge in [-0.05, 0) is 40.7 Å². The Labute approximate surface area is 152 Å². The van der Waals surface area contributed by atoms with E-state index in [2.05, 4.69) is 11.0 Å². The van der Waals surface area contributed by atoms with Crippen molar-refractivity contribution in [2.45, 2.75) is 4.21 Å². The first-order valence-electron chi connectivity index (χ1n) is 6.75. The summed E-state index contributed by atoms with van der Waals surface area (Å²) >= 11 is 3.66. The van der Waals surface area contributed by atoms with E-state index in [4.69, 9.17) is 0 Å². The zero-order valence-corrected chi connectivity index (χ0v) is 15.6. The number of carbonyl (C=O) groups is 1. The van der Waals surface area contributed by atoms with Gasteiger partial charge in [-0.2, -0.15) is 8.42 Å². The van der Waals surface area contributed by atoms with Crippen molar-refractivity contribution in [1.82, 2.24) is 4.90 Å². The average molecular weight is 397 g/mol. The fourth-order valence-corrected chi connectivity index (χ4v) is 5.81. The average Bonchev–Trinajstić information content (AvgIpc) is 3.26. The van der Waals surface area contributed by atoms with E-state index < -0.39 is 10.0 Å². The molecule has 0 aliphatic carbocycles. The van der Waals surface area contributed by atoms with Gasteiger partial charge in [-0.15, -0.1) is 33.7 Å². The fourth-order valence-electron chi connectivity index (χ4n) is 1.93. The Kier molecular flexibility index (Phi) is 5.04. The van der Waals surface area contributed by atoms with Crippen LogP contribution in [0.2, 0.25) is 0 Å². The van der Waals surface area contributed by atoms with Crippen LogP contribution in [0.4, 0.5) is 0 Å². The highest BCUT2D eigenvalue weighted by atomic mass is 32.2. The zero-order valence-electron chi connectivity index (χ0n) is 12.3. The molecular formula is C15H12N2O3S4. The summed E-state index contributed by atoms with van der Waals surface area (Å²) in [7, 11) is -3.83. The zero-order chi connectivity index (χ0) is 17.2. The maximum atomic E-state index is 12.5. The number of amides is 1. The van der Waals surface area contributed by atoms with Crippen molar-refractivity contribution in [3.8, 4) is 0 Å². The molecule has 2 aromatic heterocycles. The molecule has 0 radical (unpaired) electrons. The van der Waals surface area contributed by atoms with Crippen molar-refractivity contribution < 1.29 is 13.2 Å². The highest BCUT2D eigenvalue weighted by Crippen LogP contribution is 2.34. The minimum absolute atomic E-state index is 0.149. The molecular weight excluding hydrogens is 384 g/mol. The van der Waals surface area contributed by atoms with Crippen LogP contribution < -0.4 is 0 Å². The number of carbonyl (C=O) groups excluding carboxylic acids is 1. The normalized spacial score (nSPS) is 18.7. The molecule has 0 unspecified atom stereocenters. The molecule has 3 rings (SSSR count). The van der Waals surface area contributed by atoms with E-state index in [1.807, 2.05) is 17.5 Å². The van der Waals surface area contributed by atoms with Crippen molar-refractivity contribution in [2.24, 2.45) is 4.40 Å². The third kappa shape index (κ3) is 3.54. The lowest BCUT2D eigenvalue weighted by Crippen LogP contribution is -2.29. The molecule has 0 bridgehead atoms. The number of thiophene rings is 2. The van der Waals surface area contributed by atoms with Gasteiger partial charge in [-0.1, -0.05) is 18.2 Å². The van der Waals surface area contributed by atoms with Gasteiger partial charge in [0, 0.05) is 11.4 Å². The first-order valence-corrected chi connectivity index (χ1v) is 10.8. The summed E-state index contributed by atoms with van der Waals surface area (Å²) < 4.78 is 28.7. The van der Waals surface area contributed by atoms with Gasteiger partial charge >= 0.3 is 0 Å². The molecule has 1 fully saturated rings. The van der Waals surface area contributed by atoms with Crippen LogP contribution in [-0.4, -0.2) is 30.9 Å². The molecule has 9 heteroatoms. The van der Waals surface area contributed by atoms with Gasteiger partial charge < -0.3 is 0 Å². The Hall–Kier alpha value is -1.68. The Bertz CT molecular complexity index is 910. The van der Waals surface area contributed by atoms with Crippen molar-refractivity contribution in [2.75, 3.05) is 6.54 Å². The predicted molar refractivity (Wildman–Crippen MR) is 101 cm³/mol. The highest BCUT2D eigenvalue weighted by Gasteiger charge is 2.34. The van der Waals surface area contributed by atoms with E-state index in [-0.39, 0.29) is 21.8 Å². The number of sulfonamides is 1. The molecule has 0 saturated carbocycles. The molecule has 0 aromatic carbocycles. The number of hydrogen-bond acceptors (Lipinski definition) is 6. The van der Waals surface area contributed by atoms with Crippen molar-refractivity contribution in [3.05, 3.63) is 57.5 Å². The highest BCUT2D eigenvalue weighted by molar-refractivity contribution is 8.19. The first kappa shape index (κ1) is 17.2. The molecule has 2 aromatic rings. The molecule has 1 saturated heterocycles. The summed E-state index contributed by atoms with van der Waals surface area (Å²) in [6.45, 7) is 3.82. The maximum Gasteiger partial charge on any atom is 0.294 e. The monoisotopic (exact) mass is 396 g/mol. The van der Waals surface area contributed by atoms with E-state index in [1.165, 1.54) is 22.3 Å². The molecule has 5 nitrogen and oxygen atoms in total. The van der Waals surface area contributed by atoms with E-state index in [0.717, 1.165) is 28.0 Å². The SMILES string of the molecule is C=CCN1C(=O)C(=Cc2cccs2)SC1=NS(=O)(=O)c1cccs1. The predicted octanol–water partition coefficient (Wildman–Crippen LogP) is 3.66. The van der Waals surface area contributed by atoms with Crippen LogP contribution in [0.25, 0.3) is 6.08 Å². The summed E-state index contributed by atoms with van der Waals surface area (Å²) in [5, 5.41) is 3.73. The third-order valence-corrected chi connectivity index (χ3v) is 7.55. The minimum atomic E-state index is -3.83. The van der Waals surface area contributed by atoms with E-state index in [1.54, 1.807) is 23.6 Å². The second-order valence-electron chi connectivity index (χ2n) is 4.61. The Morgan fingerprint density at radius 3 is 2.58 bits per heavy atom. The fraction of sp³-hybridized carbons (Fsp3) is 0.0667. The number of nitrogens with zero attached hydrogens (tertiary/aromatic N) is 2. The van der Waals surface area contributed by atoms with Gasteiger partial charge in [0.1, 0.15) is 4.21 Å². The van der Waals surface area contributed by atoms with E-state index in [9.17, 15) is 13.2 Å². The second-order valence-corrected chi connectivity index (χ2v) is 9.38. The molecule has 124 valence electrons. The quantitative estimate of drug-likeness (QED) is 0.571. The Morgan fingerprint density at radius 1 is 1.21 bits per heavy atom. The van der Waals surface area contributed by atoms with Crippen molar-refractivity contribution >= 4 is 61.6 Å². The topological polar surface area (TPSA) is 66.8 Å². The molecule has 0 N–H and O–H groups in total. The standard InChI is InChI=1S/C15H12N2O3S4/c1-2-7-17-14(18)12(10-11-5-3-8-21-11)23-15(17)16-24(19,20)13-6-4-9-22-13/h2-6,8-10H,1,7H2. The van der Waals surface area contributed by atoms with Gasteiger partial charge in [0.2, 0.25) is 0 Å². The van der Waals surface area contributed by atoms with Gasteiger partial charge in [0.25, 0.3) is 15.9 Å². The van der Waals surface area contributed by atoms with Crippen LogP contribution in [0, 0.1) is 0 Å². The summed E-state index contributed by atoms with van der Waals surface area (Å²) in [4.78, 5) is 15.2. The van der Waals surface area contributed by atoms with Crippen LogP contribution in [0.3, 0.4) is 0 Å². The van der Waals surface area contributed by atoms with Crippen LogP contribution in [0.1, 0.15) is 4.88 Å². The Morgan fingerprint density at radius 2 is 1.96 bits per heavy atom. The lowest BCUT2D eigenvalue weighted by atomic mass is 10.3. The molecule has 0 atom stereocenters. The smallest absolute Gasteiger partial charge is 0.282 e. The summed E-state index contributed by atoms with van der Waals surface area (Å²) in [6, 6.07) is 6.92. The second kappa shape index (κ2) is 7.06. The van der Waals surface area contributed by atoms with E-state index >= 15 is 0 Å². The van der Waals surface area contributed by atoms with Crippen molar-refractivity contribution in [3.63, 3.8) is 0 Å². The van der Waals surface area contributed by atoms with Gasteiger partial charge in [-0.3, -0.25) is 9.69 Å². The first-order chi connectivity index (χ1) is 11.5. The summed E-state index contributed by atoms with van der Waals surface area (Å²) in [5.74, 6) is -0.270. The molecule has 1 amide bonds. The Balaban J connectivity index is 1.98. The number of hydrogen-bond donors (Lipinski definition) is 0.